The third-order valence-corrected chi connectivity index (χ3v) is 4.23. The van der Waals surface area contributed by atoms with E-state index in [-0.39, 0.29) is 5.91 Å². The molecule has 2 heterocycles. The Bertz CT molecular complexity index is 646. The van der Waals surface area contributed by atoms with E-state index in [1.54, 1.807) is 6.20 Å². The predicted molar refractivity (Wildman–Crippen MR) is 83.4 cm³/mol. The molecule has 0 aliphatic carbocycles. The van der Waals surface area contributed by atoms with Gasteiger partial charge in [-0.3, -0.25) is 9.48 Å². The van der Waals surface area contributed by atoms with Crippen LogP contribution in [0.2, 0.25) is 5.02 Å². The summed E-state index contributed by atoms with van der Waals surface area (Å²) in [6, 6.07) is 5.69. The van der Waals surface area contributed by atoms with Gasteiger partial charge in [-0.2, -0.15) is 5.10 Å². The average Bonchev–Trinajstić information content (AvgIpc) is 2.87. The third-order valence-electron chi connectivity index (χ3n) is 4.00. The lowest BCUT2D eigenvalue weighted by molar-refractivity contribution is -0.133. The molecule has 0 atom stereocenters. The van der Waals surface area contributed by atoms with Crippen molar-refractivity contribution < 1.29 is 4.79 Å². The Labute approximate surface area is 129 Å². The maximum atomic E-state index is 12.2. The summed E-state index contributed by atoms with van der Waals surface area (Å²) in [5.74, 6) is 0.209. The van der Waals surface area contributed by atoms with Crippen LogP contribution < -0.4 is 0 Å². The van der Waals surface area contributed by atoms with Crippen molar-refractivity contribution in [2.24, 2.45) is 0 Å². The molecule has 0 radical (unpaired) electrons. The number of carbonyl (C=O) groups is 1. The molecule has 1 fully saturated rings. The van der Waals surface area contributed by atoms with Gasteiger partial charge >= 0.3 is 0 Å². The quantitative estimate of drug-likeness (QED) is 0.869. The van der Waals surface area contributed by atoms with Gasteiger partial charge in [0.15, 0.2) is 0 Å². The van der Waals surface area contributed by atoms with E-state index in [0.717, 1.165) is 37.1 Å². The van der Waals surface area contributed by atoms with E-state index in [1.165, 1.54) is 0 Å². The van der Waals surface area contributed by atoms with Crippen LogP contribution in [0.5, 0.6) is 0 Å². The summed E-state index contributed by atoms with van der Waals surface area (Å²) in [6.45, 7) is 4.16. The first kappa shape index (κ1) is 14.4. The largest absolute Gasteiger partial charge is 0.340 e. The van der Waals surface area contributed by atoms with Crippen LogP contribution in [0.1, 0.15) is 6.42 Å². The van der Waals surface area contributed by atoms with Crippen molar-refractivity contribution in [3.05, 3.63) is 29.4 Å². The molecule has 6 heteroatoms. The Morgan fingerprint density at radius 1 is 1.29 bits per heavy atom. The lowest BCUT2D eigenvalue weighted by atomic mass is 10.2. The molecule has 2 aromatic rings. The van der Waals surface area contributed by atoms with Crippen LogP contribution in [0.3, 0.4) is 0 Å². The SMILES string of the molecule is CN1CCN(C(=O)CCn2ncc3cc(Cl)ccc32)CC1. The molecule has 0 spiro atoms. The van der Waals surface area contributed by atoms with Crippen molar-refractivity contribution in [2.75, 3.05) is 33.2 Å². The van der Waals surface area contributed by atoms with Crippen molar-refractivity contribution in [2.45, 2.75) is 13.0 Å². The molecule has 1 aliphatic heterocycles. The molecule has 1 aromatic carbocycles. The number of nitrogens with zero attached hydrogens (tertiary/aromatic N) is 4. The van der Waals surface area contributed by atoms with Crippen LogP contribution in [0.25, 0.3) is 10.9 Å². The Morgan fingerprint density at radius 2 is 2.05 bits per heavy atom. The summed E-state index contributed by atoms with van der Waals surface area (Å²) in [7, 11) is 2.09. The average molecular weight is 307 g/mol. The molecule has 0 saturated carbocycles. The number of amides is 1. The van der Waals surface area contributed by atoms with E-state index in [9.17, 15) is 4.79 Å². The van der Waals surface area contributed by atoms with Crippen LogP contribution in [-0.4, -0.2) is 58.7 Å². The van der Waals surface area contributed by atoms with Crippen LogP contribution in [-0.2, 0) is 11.3 Å². The summed E-state index contributed by atoms with van der Waals surface area (Å²) in [5.41, 5.74) is 1.02. The summed E-state index contributed by atoms with van der Waals surface area (Å²) in [6.07, 6.45) is 2.28. The van der Waals surface area contributed by atoms with E-state index in [0.29, 0.717) is 18.0 Å². The monoisotopic (exact) mass is 306 g/mol. The van der Waals surface area contributed by atoms with E-state index in [1.807, 2.05) is 27.8 Å². The van der Waals surface area contributed by atoms with Gasteiger partial charge in [0.25, 0.3) is 0 Å². The number of carbonyl (C=O) groups excluding carboxylic acids is 1. The van der Waals surface area contributed by atoms with Crippen LogP contribution in [0.15, 0.2) is 24.4 Å². The van der Waals surface area contributed by atoms with Gasteiger partial charge in [-0.15, -0.1) is 0 Å². The summed E-state index contributed by atoms with van der Waals surface area (Å²) >= 11 is 5.97. The zero-order chi connectivity index (χ0) is 14.8. The molecular formula is C15H19ClN4O. The lowest BCUT2D eigenvalue weighted by Crippen LogP contribution is -2.47. The first-order valence-corrected chi connectivity index (χ1v) is 7.59. The first-order chi connectivity index (χ1) is 10.1. The van der Waals surface area contributed by atoms with E-state index in [2.05, 4.69) is 17.0 Å². The highest BCUT2D eigenvalue weighted by atomic mass is 35.5. The second-order valence-corrected chi connectivity index (χ2v) is 5.94. The number of aromatic nitrogens is 2. The topological polar surface area (TPSA) is 41.4 Å². The number of hydrogen-bond donors (Lipinski definition) is 0. The normalized spacial score (nSPS) is 16.6. The highest BCUT2D eigenvalue weighted by Gasteiger charge is 2.18. The fraction of sp³-hybridized carbons (Fsp3) is 0.467. The summed E-state index contributed by atoms with van der Waals surface area (Å²) in [5, 5.41) is 6.06. The zero-order valence-corrected chi connectivity index (χ0v) is 12.9. The fourth-order valence-corrected chi connectivity index (χ4v) is 2.83. The molecule has 1 aromatic heterocycles. The van der Waals surface area contributed by atoms with Crippen molar-refractivity contribution in [3.8, 4) is 0 Å². The minimum Gasteiger partial charge on any atom is -0.340 e. The van der Waals surface area contributed by atoms with Crippen molar-refractivity contribution in [3.63, 3.8) is 0 Å². The highest BCUT2D eigenvalue weighted by Crippen LogP contribution is 2.19. The maximum absolute atomic E-state index is 12.2. The van der Waals surface area contributed by atoms with Crippen molar-refractivity contribution in [1.29, 1.82) is 0 Å². The number of hydrogen-bond acceptors (Lipinski definition) is 3. The second-order valence-electron chi connectivity index (χ2n) is 5.50. The smallest absolute Gasteiger partial charge is 0.224 e. The summed E-state index contributed by atoms with van der Waals surface area (Å²) < 4.78 is 1.87. The van der Waals surface area contributed by atoms with Crippen LogP contribution in [0.4, 0.5) is 0 Å². The van der Waals surface area contributed by atoms with Gasteiger partial charge in [-0.05, 0) is 25.2 Å². The standard InChI is InChI=1S/C15H19ClN4O/c1-18-6-8-19(9-7-18)15(21)4-5-20-14-3-2-13(16)10-12(14)11-17-20/h2-3,10-11H,4-9H2,1H3. The molecule has 3 rings (SSSR count). The van der Waals surface area contributed by atoms with E-state index < -0.39 is 0 Å². The van der Waals surface area contributed by atoms with Crippen molar-refractivity contribution in [1.82, 2.24) is 19.6 Å². The number of rotatable bonds is 3. The molecule has 112 valence electrons. The van der Waals surface area contributed by atoms with Gasteiger partial charge in [0.1, 0.15) is 0 Å². The van der Waals surface area contributed by atoms with Crippen LogP contribution >= 0.6 is 11.6 Å². The Hall–Kier alpha value is -1.59. The Balaban J connectivity index is 1.62. The maximum Gasteiger partial charge on any atom is 0.224 e. The number of benzene rings is 1. The Kier molecular flexibility index (Phi) is 4.12. The first-order valence-electron chi connectivity index (χ1n) is 7.21. The number of likely N-dealkylation sites (N-methyl/N-ethyl adjacent to an activating group) is 1. The van der Waals surface area contributed by atoms with Gasteiger partial charge in [0.05, 0.1) is 18.3 Å². The van der Waals surface area contributed by atoms with Gasteiger partial charge in [0.2, 0.25) is 5.91 Å². The number of aryl methyl sites for hydroxylation is 1. The zero-order valence-electron chi connectivity index (χ0n) is 12.1. The Morgan fingerprint density at radius 3 is 2.81 bits per heavy atom. The second kappa shape index (κ2) is 6.03. The minimum atomic E-state index is 0.209. The van der Waals surface area contributed by atoms with Gasteiger partial charge < -0.3 is 9.80 Å². The highest BCUT2D eigenvalue weighted by molar-refractivity contribution is 6.31. The minimum absolute atomic E-state index is 0.209. The molecular weight excluding hydrogens is 288 g/mol. The molecule has 0 N–H and O–H groups in total. The summed E-state index contributed by atoms with van der Waals surface area (Å²) in [4.78, 5) is 16.4. The molecule has 1 aliphatic rings. The third kappa shape index (κ3) is 3.19. The van der Waals surface area contributed by atoms with Gasteiger partial charge in [-0.1, -0.05) is 11.6 Å². The molecule has 0 bridgehead atoms. The van der Waals surface area contributed by atoms with Gasteiger partial charge in [-0.25, -0.2) is 0 Å². The number of piperazine rings is 1. The van der Waals surface area contributed by atoms with Gasteiger partial charge in [0, 0.05) is 43.0 Å². The fourth-order valence-electron chi connectivity index (χ4n) is 2.65. The molecule has 5 nitrogen and oxygen atoms in total. The van der Waals surface area contributed by atoms with Crippen LogP contribution in [0, 0.1) is 0 Å². The predicted octanol–water partition coefficient (Wildman–Crippen LogP) is 1.85. The van der Waals surface area contributed by atoms with Crippen molar-refractivity contribution >= 4 is 28.4 Å². The molecule has 1 amide bonds. The van der Waals surface area contributed by atoms with E-state index >= 15 is 0 Å². The molecule has 21 heavy (non-hydrogen) atoms. The molecule has 1 saturated heterocycles. The van der Waals surface area contributed by atoms with E-state index in [4.69, 9.17) is 11.6 Å². The number of fused-ring (bicyclic) bond motifs is 1. The lowest BCUT2D eigenvalue weighted by Gasteiger charge is -2.32. The molecule has 0 unspecified atom stereocenters. The number of halogens is 1.